The van der Waals surface area contributed by atoms with Crippen LogP contribution in [0.4, 0.5) is 0 Å². The summed E-state index contributed by atoms with van der Waals surface area (Å²) in [6, 6.07) is 4.65. The average molecular weight is 452 g/mol. The molecule has 0 N–H and O–H groups in total. The van der Waals surface area contributed by atoms with Crippen LogP contribution in [0.3, 0.4) is 0 Å². The maximum Gasteiger partial charge on any atom is 0.169 e. The van der Waals surface area contributed by atoms with E-state index < -0.39 is 0 Å². The van der Waals surface area contributed by atoms with E-state index in [-0.39, 0.29) is 12.4 Å². The molecule has 0 saturated carbocycles. The van der Waals surface area contributed by atoms with Crippen molar-refractivity contribution >= 4 is 0 Å². The quantitative estimate of drug-likeness (QED) is 0.142. The van der Waals surface area contributed by atoms with Crippen molar-refractivity contribution in [1.29, 1.82) is 0 Å². The maximum atomic E-state index is 2.32. The lowest BCUT2D eigenvalue weighted by Crippen LogP contribution is -3.00. The van der Waals surface area contributed by atoms with E-state index in [1.807, 2.05) is 0 Å². The summed E-state index contributed by atoms with van der Waals surface area (Å²) in [6.45, 7) is 5.72. The summed E-state index contributed by atoms with van der Waals surface area (Å²) in [4.78, 5) is 0. The standard InChI is InChI=1S/C29H54N.ClH/c1-3-5-7-8-9-10-11-12-13-14-15-16-17-18-19-20-21-22-23-29-24-27-30(28-25-29)26-6-4-2;/h24-25,27-28H,3-23,26H2,1-2H3;1H/q+1;/p-1. The molecule has 0 radical (unpaired) electrons. The first kappa shape index (κ1) is 30.4. The van der Waals surface area contributed by atoms with Gasteiger partial charge in [0.25, 0.3) is 0 Å². The molecule has 1 nitrogen and oxygen atoms in total. The summed E-state index contributed by atoms with van der Waals surface area (Å²) in [5.41, 5.74) is 1.51. The van der Waals surface area contributed by atoms with Crippen molar-refractivity contribution < 1.29 is 17.0 Å². The van der Waals surface area contributed by atoms with Crippen LogP contribution in [-0.2, 0) is 13.0 Å². The number of halogens is 1. The van der Waals surface area contributed by atoms with Crippen LogP contribution >= 0.6 is 0 Å². The van der Waals surface area contributed by atoms with E-state index in [1.165, 1.54) is 140 Å². The molecule has 0 aliphatic heterocycles. The van der Waals surface area contributed by atoms with Crippen LogP contribution in [0.1, 0.15) is 148 Å². The molecule has 0 fully saturated rings. The van der Waals surface area contributed by atoms with Gasteiger partial charge in [-0.2, -0.15) is 0 Å². The maximum absolute atomic E-state index is 2.32. The van der Waals surface area contributed by atoms with Crippen molar-refractivity contribution in [2.45, 2.75) is 155 Å². The molecule has 0 unspecified atom stereocenters. The number of hydrogen-bond donors (Lipinski definition) is 0. The molecule has 0 spiro atoms. The van der Waals surface area contributed by atoms with Gasteiger partial charge in [0.2, 0.25) is 0 Å². The van der Waals surface area contributed by atoms with E-state index in [4.69, 9.17) is 0 Å². The van der Waals surface area contributed by atoms with Gasteiger partial charge in [0.05, 0.1) is 0 Å². The lowest BCUT2D eigenvalue weighted by atomic mass is 10.0. The lowest BCUT2D eigenvalue weighted by Gasteiger charge is -2.04. The highest BCUT2D eigenvalue weighted by Crippen LogP contribution is 2.14. The zero-order chi connectivity index (χ0) is 21.5. The Balaban J connectivity index is 0.00000900. The summed E-state index contributed by atoms with van der Waals surface area (Å²) in [5, 5.41) is 0. The topological polar surface area (TPSA) is 3.88 Å². The summed E-state index contributed by atoms with van der Waals surface area (Å²) >= 11 is 0. The van der Waals surface area contributed by atoms with Gasteiger partial charge in [-0.1, -0.05) is 129 Å². The first-order valence-corrected chi connectivity index (χ1v) is 13.8. The SMILES string of the molecule is CCCCCCCCCCCCCCCCCCCCc1cc[n+](CCCC)cc1.[Cl-]. The average Bonchev–Trinajstić information content (AvgIpc) is 2.77. The van der Waals surface area contributed by atoms with Gasteiger partial charge in [-0.25, -0.2) is 4.57 Å². The summed E-state index contributed by atoms with van der Waals surface area (Å²) < 4.78 is 2.32. The van der Waals surface area contributed by atoms with Gasteiger partial charge < -0.3 is 12.4 Å². The Kier molecular flexibility index (Phi) is 23.7. The fourth-order valence-corrected chi connectivity index (χ4v) is 4.38. The highest BCUT2D eigenvalue weighted by atomic mass is 35.5. The van der Waals surface area contributed by atoms with Crippen LogP contribution in [0.25, 0.3) is 0 Å². The second kappa shape index (κ2) is 24.1. The van der Waals surface area contributed by atoms with Crippen molar-refractivity contribution in [3.05, 3.63) is 30.1 Å². The Morgan fingerprint density at radius 1 is 0.484 bits per heavy atom. The third kappa shape index (κ3) is 19.8. The third-order valence-electron chi connectivity index (χ3n) is 6.55. The first-order chi connectivity index (χ1) is 14.9. The highest BCUT2D eigenvalue weighted by Gasteiger charge is 2.00. The zero-order valence-electron chi connectivity index (χ0n) is 21.2. The molecule has 0 aromatic carbocycles. The molecule has 31 heavy (non-hydrogen) atoms. The number of aromatic nitrogens is 1. The number of rotatable bonds is 22. The predicted octanol–water partition coefficient (Wildman–Crippen LogP) is 6.36. The van der Waals surface area contributed by atoms with Crippen molar-refractivity contribution in [1.82, 2.24) is 0 Å². The minimum absolute atomic E-state index is 0. The fraction of sp³-hybridized carbons (Fsp3) is 0.828. The van der Waals surface area contributed by atoms with Crippen LogP contribution in [0.2, 0.25) is 0 Å². The summed E-state index contributed by atoms with van der Waals surface area (Å²) in [6.07, 6.45) is 34.5. The van der Waals surface area contributed by atoms with E-state index in [9.17, 15) is 0 Å². The Hall–Kier alpha value is -0.560. The molecule has 1 aromatic rings. The summed E-state index contributed by atoms with van der Waals surface area (Å²) in [7, 11) is 0. The minimum atomic E-state index is 0. The number of pyridine rings is 1. The summed E-state index contributed by atoms with van der Waals surface area (Å²) in [5.74, 6) is 0. The number of nitrogens with zero attached hydrogens (tertiary/aromatic N) is 1. The number of aryl methyl sites for hydroxylation is 2. The molecule has 1 aromatic heterocycles. The van der Waals surface area contributed by atoms with Gasteiger partial charge in [-0.3, -0.25) is 0 Å². The van der Waals surface area contributed by atoms with E-state index >= 15 is 0 Å². The monoisotopic (exact) mass is 451 g/mol. The molecule has 0 bridgehead atoms. The van der Waals surface area contributed by atoms with Gasteiger partial charge in [0.15, 0.2) is 12.4 Å². The zero-order valence-corrected chi connectivity index (χ0v) is 21.9. The minimum Gasteiger partial charge on any atom is -1.00 e. The number of hydrogen-bond acceptors (Lipinski definition) is 0. The molecular weight excluding hydrogens is 398 g/mol. The number of unbranched alkanes of at least 4 members (excludes halogenated alkanes) is 18. The Labute approximate surface area is 202 Å². The smallest absolute Gasteiger partial charge is 0.169 e. The Morgan fingerprint density at radius 2 is 0.839 bits per heavy atom. The molecular formula is C29H54ClN. The van der Waals surface area contributed by atoms with Crippen LogP contribution in [0.5, 0.6) is 0 Å². The normalized spacial score (nSPS) is 10.9. The predicted molar refractivity (Wildman–Crippen MR) is 134 cm³/mol. The molecule has 0 amide bonds. The largest absolute Gasteiger partial charge is 1.00 e. The highest BCUT2D eigenvalue weighted by molar-refractivity contribution is 5.07. The van der Waals surface area contributed by atoms with Gasteiger partial charge >= 0.3 is 0 Å². The van der Waals surface area contributed by atoms with Crippen LogP contribution in [0, 0.1) is 0 Å². The second-order valence-corrected chi connectivity index (χ2v) is 9.56. The molecule has 2 heteroatoms. The van der Waals surface area contributed by atoms with Gasteiger partial charge in [0.1, 0.15) is 6.54 Å². The second-order valence-electron chi connectivity index (χ2n) is 9.56. The Bertz CT molecular complexity index is 456. The fourth-order valence-electron chi connectivity index (χ4n) is 4.38. The molecule has 182 valence electrons. The first-order valence-electron chi connectivity index (χ1n) is 13.8. The molecule has 0 atom stereocenters. The van der Waals surface area contributed by atoms with Gasteiger partial charge in [-0.05, 0) is 18.4 Å². The van der Waals surface area contributed by atoms with E-state index in [0.717, 1.165) is 6.54 Å². The van der Waals surface area contributed by atoms with Crippen LogP contribution in [0.15, 0.2) is 24.5 Å². The lowest BCUT2D eigenvalue weighted by molar-refractivity contribution is -0.697. The van der Waals surface area contributed by atoms with Crippen LogP contribution in [-0.4, -0.2) is 0 Å². The van der Waals surface area contributed by atoms with Crippen molar-refractivity contribution in [2.24, 2.45) is 0 Å². The molecule has 1 heterocycles. The van der Waals surface area contributed by atoms with Crippen molar-refractivity contribution in [3.63, 3.8) is 0 Å². The van der Waals surface area contributed by atoms with Gasteiger partial charge in [-0.15, -0.1) is 0 Å². The van der Waals surface area contributed by atoms with E-state index in [1.54, 1.807) is 0 Å². The third-order valence-corrected chi connectivity index (χ3v) is 6.55. The van der Waals surface area contributed by atoms with E-state index in [0.29, 0.717) is 0 Å². The van der Waals surface area contributed by atoms with Gasteiger partial charge in [0, 0.05) is 18.6 Å². The Morgan fingerprint density at radius 3 is 1.23 bits per heavy atom. The van der Waals surface area contributed by atoms with Crippen molar-refractivity contribution in [3.8, 4) is 0 Å². The van der Waals surface area contributed by atoms with Crippen molar-refractivity contribution in [2.75, 3.05) is 0 Å². The molecule has 1 rings (SSSR count). The van der Waals surface area contributed by atoms with E-state index in [2.05, 4.69) is 42.9 Å². The molecule has 0 saturated heterocycles. The molecule has 0 aliphatic rings. The molecule has 0 aliphatic carbocycles. The van der Waals surface area contributed by atoms with Crippen LogP contribution < -0.4 is 17.0 Å².